The van der Waals surface area contributed by atoms with Gasteiger partial charge in [-0.15, -0.1) is 11.3 Å². The molecule has 2 aromatic carbocycles. The molecule has 1 aromatic heterocycles. The van der Waals surface area contributed by atoms with Crippen LogP contribution in [-0.4, -0.2) is 24.6 Å². The first-order chi connectivity index (χ1) is 13.0. The number of alkyl halides is 2. The van der Waals surface area contributed by atoms with Crippen LogP contribution in [-0.2, 0) is 0 Å². The Morgan fingerprint density at radius 3 is 2.70 bits per heavy atom. The zero-order valence-electron chi connectivity index (χ0n) is 13.9. The highest BCUT2D eigenvalue weighted by Crippen LogP contribution is 2.34. The van der Waals surface area contributed by atoms with Crippen molar-refractivity contribution in [1.82, 2.24) is 4.98 Å². The van der Waals surface area contributed by atoms with E-state index in [1.54, 1.807) is 23.6 Å². The van der Waals surface area contributed by atoms with Gasteiger partial charge in [0, 0.05) is 16.0 Å². The molecular weight excluding hydrogens is 398 g/mol. The molecule has 0 saturated carbocycles. The zero-order valence-corrected chi connectivity index (χ0v) is 15.5. The number of benzene rings is 2. The Balaban J connectivity index is 1.85. The topological polar surface area (TPSA) is 60.5 Å². The number of nitrogens with zero attached hydrogens (tertiary/aromatic N) is 1. The molecule has 0 radical (unpaired) electrons. The molecule has 0 saturated heterocycles. The summed E-state index contributed by atoms with van der Waals surface area (Å²) < 4.78 is 34.9. The first-order valence-corrected chi connectivity index (χ1v) is 8.89. The molecule has 140 valence electrons. The smallest absolute Gasteiger partial charge is 0.387 e. The first kappa shape index (κ1) is 19.1. The summed E-state index contributed by atoms with van der Waals surface area (Å²) >= 11 is 7.33. The third-order valence-corrected chi connectivity index (χ3v) is 4.61. The van der Waals surface area contributed by atoms with Crippen LogP contribution in [0.5, 0.6) is 11.5 Å². The maximum absolute atomic E-state index is 12.7. The fraction of sp³-hybridized carbons (Fsp3) is 0.111. The first-order valence-electron chi connectivity index (χ1n) is 7.63. The van der Waals surface area contributed by atoms with E-state index in [0.29, 0.717) is 15.8 Å². The molecule has 0 spiro atoms. The Morgan fingerprint density at radius 1 is 1.22 bits per heavy atom. The van der Waals surface area contributed by atoms with E-state index in [1.165, 1.54) is 36.6 Å². The average Bonchev–Trinajstić information content (AvgIpc) is 3.10. The lowest BCUT2D eigenvalue weighted by atomic mass is 10.1. The van der Waals surface area contributed by atoms with Crippen LogP contribution in [0.1, 0.15) is 10.4 Å². The summed E-state index contributed by atoms with van der Waals surface area (Å²) in [6.45, 7) is -3.10. The van der Waals surface area contributed by atoms with Gasteiger partial charge in [0.05, 0.1) is 18.4 Å². The van der Waals surface area contributed by atoms with Gasteiger partial charge in [-0.3, -0.25) is 10.1 Å². The second-order valence-corrected chi connectivity index (χ2v) is 6.45. The number of halogens is 3. The minimum absolute atomic E-state index is 0.0267. The van der Waals surface area contributed by atoms with Gasteiger partial charge in [0.15, 0.2) is 16.6 Å². The van der Waals surface area contributed by atoms with Crippen LogP contribution in [0.3, 0.4) is 0 Å². The fourth-order valence-electron chi connectivity index (χ4n) is 2.35. The molecule has 1 amide bonds. The average molecular weight is 411 g/mol. The highest BCUT2D eigenvalue weighted by atomic mass is 35.5. The molecule has 3 rings (SSSR count). The van der Waals surface area contributed by atoms with Gasteiger partial charge in [-0.1, -0.05) is 35.9 Å². The lowest BCUT2D eigenvalue weighted by molar-refractivity contribution is -0.0515. The normalized spacial score (nSPS) is 10.7. The van der Waals surface area contributed by atoms with E-state index in [-0.39, 0.29) is 17.1 Å². The number of carbonyl (C=O) groups excluding carboxylic acids is 1. The maximum atomic E-state index is 12.7. The molecule has 0 atom stereocenters. The van der Waals surface area contributed by atoms with E-state index in [0.717, 1.165) is 5.56 Å². The standard InChI is InChI=1S/C18H13ClF2N2O3S/c1-25-14-8-4-6-11(15(14)26-17(20)21)16(24)23-18-22-13(9-27-18)10-5-2-3-7-12(10)19/h2-9,17H,1H3,(H,22,23,24). The number of hydrogen-bond donors (Lipinski definition) is 1. The molecule has 5 nitrogen and oxygen atoms in total. The predicted octanol–water partition coefficient (Wildman–Crippen LogP) is 5.33. The van der Waals surface area contributed by atoms with E-state index in [9.17, 15) is 13.6 Å². The number of rotatable bonds is 6. The number of thiazole rings is 1. The molecule has 0 aliphatic heterocycles. The number of hydrogen-bond acceptors (Lipinski definition) is 5. The number of amides is 1. The summed E-state index contributed by atoms with van der Waals surface area (Å²) in [4.78, 5) is 16.9. The quantitative estimate of drug-likeness (QED) is 0.597. The van der Waals surface area contributed by atoms with Crippen molar-refractivity contribution in [2.75, 3.05) is 12.4 Å². The van der Waals surface area contributed by atoms with Gasteiger partial charge in [0.1, 0.15) is 0 Å². The number of methoxy groups -OCH3 is 1. The summed E-state index contributed by atoms with van der Waals surface area (Å²) in [5.74, 6) is -0.959. The fourth-order valence-corrected chi connectivity index (χ4v) is 3.29. The van der Waals surface area contributed by atoms with Crippen molar-refractivity contribution in [3.05, 3.63) is 58.4 Å². The van der Waals surface area contributed by atoms with Crippen molar-refractivity contribution in [3.63, 3.8) is 0 Å². The van der Waals surface area contributed by atoms with Crippen molar-refractivity contribution in [2.45, 2.75) is 6.61 Å². The van der Waals surface area contributed by atoms with E-state index < -0.39 is 12.5 Å². The van der Waals surface area contributed by atoms with E-state index in [4.69, 9.17) is 16.3 Å². The summed E-state index contributed by atoms with van der Waals surface area (Å²) in [7, 11) is 1.30. The van der Waals surface area contributed by atoms with Gasteiger partial charge in [-0.05, 0) is 18.2 Å². The van der Waals surface area contributed by atoms with Gasteiger partial charge < -0.3 is 9.47 Å². The third-order valence-electron chi connectivity index (χ3n) is 3.52. The van der Waals surface area contributed by atoms with Crippen molar-refractivity contribution >= 4 is 34.0 Å². The molecule has 1 N–H and O–H groups in total. The van der Waals surface area contributed by atoms with Crippen LogP contribution in [0.4, 0.5) is 13.9 Å². The number of para-hydroxylation sites is 1. The van der Waals surface area contributed by atoms with E-state index in [2.05, 4.69) is 15.0 Å². The number of aromatic nitrogens is 1. The Bertz CT molecular complexity index is 965. The Labute approximate surface area is 162 Å². The van der Waals surface area contributed by atoms with Gasteiger partial charge in [0.2, 0.25) is 0 Å². The van der Waals surface area contributed by atoms with Crippen LogP contribution in [0.15, 0.2) is 47.8 Å². The summed E-state index contributed by atoms with van der Waals surface area (Å²) in [6.07, 6.45) is 0. The van der Waals surface area contributed by atoms with Crippen LogP contribution in [0.2, 0.25) is 5.02 Å². The summed E-state index contributed by atoms with van der Waals surface area (Å²) in [5, 5.41) is 5.13. The molecular formula is C18H13ClF2N2O3S. The van der Waals surface area contributed by atoms with Gasteiger partial charge in [-0.25, -0.2) is 4.98 Å². The summed E-state index contributed by atoms with van der Waals surface area (Å²) in [5.41, 5.74) is 1.22. The van der Waals surface area contributed by atoms with Crippen molar-refractivity contribution in [3.8, 4) is 22.8 Å². The number of ether oxygens (including phenoxy) is 2. The highest BCUT2D eigenvalue weighted by molar-refractivity contribution is 7.14. The minimum atomic E-state index is -3.10. The molecule has 0 fully saturated rings. The van der Waals surface area contributed by atoms with Crippen LogP contribution in [0, 0.1) is 0 Å². The molecule has 27 heavy (non-hydrogen) atoms. The van der Waals surface area contributed by atoms with Crippen molar-refractivity contribution in [2.24, 2.45) is 0 Å². The lowest BCUT2D eigenvalue weighted by Gasteiger charge is -2.13. The van der Waals surface area contributed by atoms with Gasteiger partial charge >= 0.3 is 6.61 Å². The van der Waals surface area contributed by atoms with Crippen LogP contribution in [0.25, 0.3) is 11.3 Å². The van der Waals surface area contributed by atoms with Crippen molar-refractivity contribution < 1.29 is 23.0 Å². The molecule has 0 aliphatic carbocycles. The molecule has 0 aliphatic rings. The molecule has 3 aromatic rings. The SMILES string of the molecule is COc1cccc(C(=O)Nc2nc(-c3ccccc3Cl)cs2)c1OC(F)F. The molecule has 0 bridgehead atoms. The zero-order chi connectivity index (χ0) is 19.4. The Morgan fingerprint density at radius 2 is 2.00 bits per heavy atom. The molecule has 0 unspecified atom stereocenters. The number of anilines is 1. The maximum Gasteiger partial charge on any atom is 0.387 e. The number of nitrogens with one attached hydrogen (secondary N) is 1. The van der Waals surface area contributed by atoms with Gasteiger partial charge in [0.25, 0.3) is 5.91 Å². The van der Waals surface area contributed by atoms with E-state index >= 15 is 0 Å². The van der Waals surface area contributed by atoms with E-state index in [1.807, 2.05) is 6.07 Å². The Hall–Kier alpha value is -2.71. The molecule has 1 heterocycles. The largest absolute Gasteiger partial charge is 0.493 e. The highest BCUT2D eigenvalue weighted by Gasteiger charge is 2.21. The Kier molecular flexibility index (Phi) is 5.88. The number of carbonyl (C=O) groups is 1. The monoisotopic (exact) mass is 410 g/mol. The lowest BCUT2D eigenvalue weighted by Crippen LogP contribution is -2.15. The van der Waals surface area contributed by atoms with Crippen molar-refractivity contribution in [1.29, 1.82) is 0 Å². The molecule has 9 heteroatoms. The second kappa shape index (κ2) is 8.32. The summed E-state index contributed by atoms with van der Waals surface area (Å²) in [6, 6.07) is 11.4. The predicted molar refractivity (Wildman–Crippen MR) is 100 cm³/mol. The second-order valence-electron chi connectivity index (χ2n) is 5.19. The minimum Gasteiger partial charge on any atom is -0.493 e. The third kappa shape index (κ3) is 4.35. The van der Waals surface area contributed by atoms with Crippen LogP contribution < -0.4 is 14.8 Å². The van der Waals surface area contributed by atoms with Crippen LogP contribution >= 0.6 is 22.9 Å². The van der Waals surface area contributed by atoms with Gasteiger partial charge in [-0.2, -0.15) is 8.78 Å².